The average molecular weight is 409 g/mol. The summed E-state index contributed by atoms with van der Waals surface area (Å²) in [7, 11) is 1.40. The molecule has 0 aliphatic heterocycles. The number of rotatable bonds is 13. The Kier molecular flexibility index (Phi) is 9.84. The molecule has 2 aliphatic carbocycles. The van der Waals surface area contributed by atoms with Crippen molar-refractivity contribution in [2.45, 2.75) is 103 Å². The van der Waals surface area contributed by atoms with Crippen LogP contribution >= 0.6 is 0 Å². The van der Waals surface area contributed by atoms with Crippen LogP contribution in [0, 0.1) is 17.3 Å². The molecule has 0 aromatic carbocycles. The van der Waals surface area contributed by atoms with Gasteiger partial charge in [-0.2, -0.15) is 0 Å². The van der Waals surface area contributed by atoms with Gasteiger partial charge in [-0.15, -0.1) is 0 Å². The zero-order chi connectivity index (χ0) is 21.3. The lowest BCUT2D eigenvalue weighted by atomic mass is 9.62. The average Bonchev–Trinajstić information content (AvgIpc) is 2.93. The molecule has 0 spiro atoms. The maximum absolute atomic E-state index is 12.3. The smallest absolute Gasteiger partial charge is 0.305 e. The Morgan fingerprint density at radius 3 is 2.62 bits per heavy atom. The van der Waals surface area contributed by atoms with E-state index in [4.69, 9.17) is 0 Å². The fourth-order valence-corrected chi connectivity index (χ4v) is 5.17. The lowest BCUT2D eigenvalue weighted by Gasteiger charge is -2.45. The number of carbonyl (C=O) groups is 2. The van der Waals surface area contributed by atoms with Crippen molar-refractivity contribution in [2.75, 3.05) is 7.11 Å². The molecule has 2 N–H and O–H groups in total. The van der Waals surface area contributed by atoms with Gasteiger partial charge < -0.3 is 14.9 Å². The van der Waals surface area contributed by atoms with E-state index in [1.807, 2.05) is 12.2 Å². The fraction of sp³-hybridized carbons (Fsp3) is 0.833. The van der Waals surface area contributed by atoms with Crippen LogP contribution in [0.1, 0.15) is 90.4 Å². The summed E-state index contributed by atoms with van der Waals surface area (Å²) in [4.78, 5) is 23.5. The third-order valence-electron chi connectivity index (χ3n) is 7.13. The number of methoxy groups -OCH3 is 1. The highest BCUT2D eigenvalue weighted by atomic mass is 16.5. The summed E-state index contributed by atoms with van der Waals surface area (Å²) in [6.07, 6.45) is 14.4. The first kappa shape index (κ1) is 24.1. The maximum atomic E-state index is 12.3. The number of aliphatic hydroxyl groups excluding tert-OH is 2. The number of carbonyl (C=O) groups excluding carboxylic acids is 2. The first-order valence-electron chi connectivity index (χ1n) is 11.6. The minimum absolute atomic E-state index is 0.0901. The maximum Gasteiger partial charge on any atom is 0.305 e. The lowest BCUT2D eigenvalue weighted by Crippen LogP contribution is -2.41. The van der Waals surface area contributed by atoms with Crippen LogP contribution in [0.5, 0.6) is 0 Å². The third kappa shape index (κ3) is 6.65. The monoisotopic (exact) mass is 408 g/mol. The number of ether oxygens (including phenoxy) is 1. The Balaban J connectivity index is 1.77. The summed E-state index contributed by atoms with van der Waals surface area (Å²) >= 11 is 0. The molecular weight excluding hydrogens is 368 g/mol. The van der Waals surface area contributed by atoms with Gasteiger partial charge in [0.15, 0.2) is 0 Å². The number of unbranched alkanes of at least 4 members (excludes halogenated alkanes) is 3. The molecule has 0 radical (unpaired) electrons. The van der Waals surface area contributed by atoms with Crippen molar-refractivity contribution in [2.24, 2.45) is 17.3 Å². The highest BCUT2D eigenvalue weighted by molar-refractivity contribution is 5.84. The van der Waals surface area contributed by atoms with Crippen LogP contribution in [0.15, 0.2) is 12.2 Å². The Hall–Kier alpha value is -1.20. The largest absolute Gasteiger partial charge is 0.469 e. The zero-order valence-electron chi connectivity index (χ0n) is 18.3. The van der Waals surface area contributed by atoms with Gasteiger partial charge in [-0.3, -0.25) is 9.59 Å². The molecule has 5 nitrogen and oxygen atoms in total. The first-order valence-corrected chi connectivity index (χ1v) is 11.6. The van der Waals surface area contributed by atoms with Crippen molar-refractivity contribution < 1.29 is 24.5 Å². The van der Waals surface area contributed by atoms with Gasteiger partial charge in [0.25, 0.3) is 0 Å². The van der Waals surface area contributed by atoms with E-state index in [2.05, 4.69) is 11.7 Å². The summed E-state index contributed by atoms with van der Waals surface area (Å²) in [6, 6.07) is 0. The summed E-state index contributed by atoms with van der Waals surface area (Å²) in [5, 5.41) is 21.0. The molecule has 2 aliphatic rings. The minimum atomic E-state index is -0.603. The van der Waals surface area contributed by atoms with Crippen LogP contribution in [0.3, 0.4) is 0 Å². The molecule has 0 saturated heterocycles. The number of hydrogen-bond acceptors (Lipinski definition) is 5. The second kappa shape index (κ2) is 11.8. The normalized spacial score (nSPS) is 27.2. The Morgan fingerprint density at radius 2 is 2.00 bits per heavy atom. The van der Waals surface area contributed by atoms with Gasteiger partial charge in [0.05, 0.1) is 19.3 Å². The van der Waals surface area contributed by atoms with Gasteiger partial charge >= 0.3 is 5.97 Å². The molecule has 29 heavy (non-hydrogen) atoms. The van der Waals surface area contributed by atoms with E-state index in [0.717, 1.165) is 57.8 Å². The molecule has 5 heteroatoms. The quantitative estimate of drug-likeness (QED) is 0.269. The fourth-order valence-electron chi connectivity index (χ4n) is 5.17. The molecule has 0 bridgehead atoms. The van der Waals surface area contributed by atoms with E-state index >= 15 is 0 Å². The van der Waals surface area contributed by atoms with E-state index in [1.165, 1.54) is 13.5 Å². The molecule has 4 atom stereocenters. The van der Waals surface area contributed by atoms with Gasteiger partial charge in [-0.25, -0.2) is 0 Å². The van der Waals surface area contributed by atoms with Crippen LogP contribution in [0.2, 0.25) is 0 Å². The number of esters is 1. The molecule has 0 aromatic rings. The number of ketones is 1. The molecule has 166 valence electrons. The van der Waals surface area contributed by atoms with E-state index in [0.29, 0.717) is 12.8 Å². The van der Waals surface area contributed by atoms with E-state index in [-0.39, 0.29) is 41.5 Å². The Morgan fingerprint density at radius 1 is 1.28 bits per heavy atom. The van der Waals surface area contributed by atoms with Gasteiger partial charge in [0.1, 0.15) is 5.78 Å². The highest BCUT2D eigenvalue weighted by Gasteiger charge is 2.42. The van der Waals surface area contributed by atoms with Gasteiger partial charge in [-0.05, 0) is 43.9 Å². The molecule has 0 heterocycles. The van der Waals surface area contributed by atoms with Crippen LogP contribution in [-0.4, -0.2) is 41.3 Å². The van der Waals surface area contributed by atoms with Crippen molar-refractivity contribution in [1.29, 1.82) is 0 Å². The third-order valence-corrected chi connectivity index (χ3v) is 7.13. The van der Waals surface area contributed by atoms with Crippen molar-refractivity contribution in [3.8, 4) is 0 Å². The number of Topliss-reactive ketones (excluding diaryl/α,β-unsaturated/α-hetero) is 1. The minimum Gasteiger partial charge on any atom is -0.469 e. The van der Waals surface area contributed by atoms with Crippen LogP contribution < -0.4 is 0 Å². The molecule has 2 rings (SSSR count). The topological polar surface area (TPSA) is 83.8 Å². The standard InChI is InChI=1S/C24H40O5/c1-3-14-24(15-9-16-24)22(27)12-8-11-19-18(20(25)17-21(19)26)10-6-4-5-7-13-23(28)29-2/h8,11,18-19,21-22,26-27H,3-7,9-10,12-17H2,1-2H3/b11-8+. The lowest BCUT2D eigenvalue weighted by molar-refractivity contribution is -0.140. The predicted octanol–water partition coefficient (Wildman–Crippen LogP) is 4.34. The van der Waals surface area contributed by atoms with Gasteiger partial charge in [0, 0.05) is 24.7 Å². The second-order valence-corrected chi connectivity index (χ2v) is 9.10. The summed E-state index contributed by atoms with van der Waals surface area (Å²) in [6.45, 7) is 2.17. The molecular formula is C24H40O5. The molecule has 0 amide bonds. The zero-order valence-corrected chi connectivity index (χ0v) is 18.3. The van der Waals surface area contributed by atoms with E-state index < -0.39 is 6.10 Å². The summed E-state index contributed by atoms with van der Waals surface area (Å²) in [5.41, 5.74) is 0.0901. The van der Waals surface area contributed by atoms with Crippen molar-refractivity contribution >= 4 is 11.8 Å². The molecule has 0 aromatic heterocycles. The Bertz CT molecular complexity index is 551. The number of hydrogen-bond donors (Lipinski definition) is 2. The molecule has 4 unspecified atom stereocenters. The number of aliphatic hydroxyl groups is 2. The van der Waals surface area contributed by atoms with Crippen molar-refractivity contribution in [3.05, 3.63) is 12.2 Å². The highest BCUT2D eigenvalue weighted by Crippen LogP contribution is 2.48. The van der Waals surface area contributed by atoms with E-state index in [9.17, 15) is 19.8 Å². The summed E-state index contributed by atoms with van der Waals surface area (Å²) < 4.78 is 4.64. The predicted molar refractivity (Wildman–Crippen MR) is 113 cm³/mol. The second-order valence-electron chi connectivity index (χ2n) is 9.10. The molecule has 2 fully saturated rings. The van der Waals surface area contributed by atoms with Crippen LogP contribution in [-0.2, 0) is 14.3 Å². The SMILES string of the molecule is CCCC1(C(O)C/C=C/C2C(O)CC(=O)C2CCCCCCC(=O)OC)CCC1. The van der Waals surface area contributed by atoms with Crippen LogP contribution in [0.4, 0.5) is 0 Å². The van der Waals surface area contributed by atoms with Crippen molar-refractivity contribution in [3.63, 3.8) is 0 Å². The van der Waals surface area contributed by atoms with Crippen molar-refractivity contribution in [1.82, 2.24) is 0 Å². The van der Waals surface area contributed by atoms with Crippen LogP contribution in [0.25, 0.3) is 0 Å². The van der Waals surface area contributed by atoms with E-state index in [1.54, 1.807) is 0 Å². The summed E-state index contributed by atoms with van der Waals surface area (Å²) in [5.74, 6) is -0.265. The van der Waals surface area contributed by atoms with Gasteiger partial charge in [0.2, 0.25) is 0 Å². The van der Waals surface area contributed by atoms with Gasteiger partial charge in [-0.1, -0.05) is 51.2 Å². The molecule has 2 saturated carbocycles. The first-order chi connectivity index (χ1) is 13.9. The Labute approximate surface area is 175 Å².